The summed E-state index contributed by atoms with van der Waals surface area (Å²) in [6.07, 6.45) is 11.6. The van der Waals surface area contributed by atoms with Crippen LogP contribution in [0.15, 0.2) is 39.4 Å². The van der Waals surface area contributed by atoms with Crippen molar-refractivity contribution in [3.05, 3.63) is 47.8 Å². The summed E-state index contributed by atoms with van der Waals surface area (Å²) in [6.45, 7) is 6.42. The Labute approximate surface area is 129 Å². The molecule has 0 aliphatic heterocycles. The molecule has 0 amide bonds. The highest BCUT2D eigenvalue weighted by molar-refractivity contribution is 5.05. The summed E-state index contributed by atoms with van der Waals surface area (Å²) in [5.74, 6) is 3.28. The van der Waals surface area contributed by atoms with Crippen LogP contribution < -0.4 is 0 Å². The van der Waals surface area contributed by atoms with Crippen LogP contribution >= 0.6 is 0 Å². The van der Waals surface area contributed by atoms with Gasteiger partial charge in [-0.1, -0.05) is 39.5 Å². The lowest BCUT2D eigenvalue weighted by Crippen LogP contribution is -1.80. The van der Waals surface area contributed by atoms with Crippen LogP contribution in [0.1, 0.15) is 69.7 Å². The average Bonchev–Trinajstić information content (AvgIpc) is 3.12. The number of hydrogen-bond donors (Lipinski definition) is 0. The third kappa shape index (κ3) is 8.44. The zero-order valence-electron chi connectivity index (χ0n) is 13.9. The molecule has 0 saturated heterocycles. The maximum absolute atomic E-state index is 5.43. The van der Waals surface area contributed by atoms with Crippen molar-refractivity contribution in [3.8, 4) is 0 Å². The standard InChI is InChI=1S/C10H16O.C9H14O/c1-3-4-5-6-10-8-7-9(2)11-10;1-2-3-4-6-9-7-5-8-10-9/h7-8H,3-6H2,1-2H3;5,7-8H,2-4,6H2,1H3. The van der Waals surface area contributed by atoms with E-state index in [1.165, 1.54) is 38.5 Å². The Hall–Kier alpha value is -1.44. The molecule has 0 aromatic carbocycles. The second-order valence-corrected chi connectivity index (χ2v) is 5.51. The van der Waals surface area contributed by atoms with Gasteiger partial charge in [0.05, 0.1) is 6.26 Å². The minimum atomic E-state index is 1.02. The van der Waals surface area contributed by atoms with Crippen LogP contribution in [0, 0.1) is 6.92 Å². The van der Waals surface area contributed by atoms with Crippen LogP contribution in [0.4, 0.5) is 0 Å². The van der Waals surface area contributed by atoms with E-state index in [1.807, 2.05) is 25.1 Å². The Morgan fingerprint density at radius 1 is 0.810 bits per heavy atom. The Kier molecular flexibility index (Phi) is 9.43. The molecule has 2 aromatic rings. The summed E-state index contributed by atoms with van der Waals surface area (Å²) >= 11 is 0. The highest BCUT2D eigenvalue weighted by Crippen LogP contribution is 2.10. The van der Waals surface area contributed by atoms with E-state index in [0.29, 0.717) is 0 Å². The molecule has 0 N–H and O–H groups in total. The second-order valence-electron chi connectivity index (χ2n) is 5.51. The highest BCUT2D eigenvalue weighted by atomic mass is 16.3. The third-order valence-electron chi connectivity index (χ3n) is 3.43. The third-order valence-corrected chi connectivity index (χ3v) is 3.43. The molecule has 2 aromatic heterocycles. The van der Waals surface area contributed by atoms with Crippen molar-refractivity contribution >= 4 is 0 Å². The molecular weight excluding hydrogens is 260 g/mol. The molecule has 2 rings (SSSR count). The van der Waals surface area contributed by atoms with Gasteiger partial charge >= 0.3 is 0 Å². The molecular formula is C19H30O2. The van der Waals surface area contributed by atoms with E-state index >= 15 is 0 Å². The molecule has 0 spiro atoms. The summed E-state index contributed by atoms with van der Waals surface area (Å²) in [5, 5.41) is 0. The minimum absolute atomic E-state index is 1.02. The fourth-order valence-electron chi connectivity index (χ4n) is 2.17. The highest BCUT2D eigenvalue weighted by Gasteiger charge is 1.96. The van der Waals surface area contributed by atoms with Crippen LogP contribution in [-0.4, -0.2) is 0 Å². The SMILES string of the molecule is CCCCCc1ccc(C)o1.CCCCCc1ccco1. The molecule has 21 heavy (non-hydrogen) atoms. The van der Waals surface area contributed by atoms with Gasteiger partial charge in [0.15, 0.2) is 0 Å². The van der Waals surface area contributed by atoms with E-state index in [2.05, 4.69) is 19.9 Å². The molecule has 2 heteroatoms. The van der Waals surface area contributed by atoms with Gasteiger partial charge in [-0.25, -0.2) is 0 Å². The predicted octanol–water partition coefficient (Wildman–Crippen LogP) is 6.33. The lowest BCUT2D eigenvalue weighted by Gasteiger charge is -1.94. The minimum Gasteiger partial charge on any atom is -0.469 e. The maximum atomic E-state index is 5.43. The van der Waals surface area contributed by atoms with E-state index in [-0.39, 0.29) is 0 Å². The van der Waals surface area contributed by atoms with Crippen LogP contribution in [0.2, 0.25) is 0 Å². The predicted molar refractivity (Wildman–Crippen MR) is 88.6 cm³/mol. The Morgan fingerprint density at radius 2 is 1.48 bits per heavy atom. The molecule has 2 nitrogen and oxygen atoms in total. The van der Waals surface area contributed by atoms with Crippen molar-refractivity contribution in [3.63, 3.8) is 0 Å². The van der Waals surface area contributed by atoms with Crippen LogP contribution in [0.5, 0.6) is 0 Å². The Morgan fingerprint density at radius 3 is 1.95 bits per heavy atom. The summed E-state index contributed by atoms with van der Waals surface area (Å²) in [4.78, 5) is 0. The number of aryl methyl sites for hydroxylation is 3. The van der Waals surface area contributed by atoms with Crippen LogP contribution in [-0.2, 0) is 12.8 Å². The van der Waals surface area contributed by atoms with Crippen molar-refractivity contribution in [1.29, 1.82) is 0 Å². The quantitative estimate of drug-likeness (QED) is 0.531. The smallest absolute Gasteiger partial charge is 0.104 e. The lowest BCUT2D eigenvalue weighted by atomic mass is 10.2. The van der Waals surface area contributed by atoms with E-state index in [9.17, 15) is 0 Å². The first-order valence-electron chi connectivity index (χ1n) is 8.34. The topological polar surface area (TPSA) is 26.3 Å². The number of hydrogen-bond acceptors (Lipinski definition) is 2. The Bertz CT molecular complexity index is 440. The van der Waals surface area contributed by atoms with Gasteiger partial charge in [-0.3, -0.25) is 0 Å². The summed E-state index contributed by atoms with van der Waals surface area (Å²) in [5.41, 5.74) is 0. The molecule has 2 heterocycles. The fraction of sp³-hybridized carbons (Fsp3) is 0.579. The maximum Gasteiger partial charge on any atom is 0.104 e. The lowest BCUT2D eigenvalue weighted by molar-refractivity contribution is 0.473. The summed E-state index contributed by atoms with van der Waals surface area (Å²) in [6, 6.07) is 8.09. The van der Waals surface area contributed by atoms with Crippen molar-refractivity contribution < 1.29 is 8.83 Å². The molecule has 0 atom stereocenters. The van der Waals surface area contributed by atoms with E-state index in [4.69, 9.17) is 8.83 Å². The molecule has 0 fully saturated rings. The van der Waals surface area contributed by atoms with Crippen LogP contribution in [0.25, 0.3) is 0 Å². The van der Waals surface area contributed by atoms with Gasteiger partial charge in [0.25, 0.3) is 0 Å². The summed E-state index contributed by atoms with van der Waals surface area (Å²) in [7, 11) is 0. The van der Waals surface area contributed by atoms with Gasteiger partial charge in [-0.05, 0) is 44.0 Å². The van der Waals surface area contributed by atoms with Gasteiger partial charge in [-0.2, -0.15) is 0 Å². The van der Waals surface area contributed by atoms with Gasteiger partial charge in [0, 0.05) is 12.8 Å². The molecule has 0 radical (unpaired) electrons. The number of furan rings is 2. The molecule has 0 aliphatic carbocycles. The second kappa shape index (κ2) is 11.2. The van der Waals surface area contributed by atoms with Crippen molar-refractivity contribution in [2.75, 3.05) is 0 Å². The number of rotatable bonds is 8. The van der Waals surface area contributed by atoms with Gasteiger partial charge in [0.1, 0.15) is 17.3 Å². The van der Waals surface area contributed by atoms with E-state index in [0.717, 1.165) is 30.1 Å². The monoisotopic (exact) mass is 290 g/mol. The largest absolute Gasteiger partial charge is 0.469 e. The van der Waals surface area contributed by atoms with E-state index < -0.39 is 0 Å². The zero-order valence-corrected chi connectivity index (χ0v) is 13.9. The van der Waals surface area contributed by atoms with E-state index in [1.54, 1.807) is 6.26 Å². The average molecular weight is 290 g/mol. The van der Waals surface area contributed by atoms with Crippen molar-refractivity contribution in [2.24, 2.45) is 0 Å². The fourth-order valence-corrected chi connectivity index (χ4v) is 2.17. The molecule has 0 saturated carbocycles. The first-order chi connectivity index (χ1) is 10.3. The molecule has 0 unspecified atom stereocenters. The number of unbranched alkanes of at least 4 members (excludes halogenated alkanes) is 4. The van der Waals surface area contributed by atoms with Crippen molar-refractivity contribution in [1.82, 2.24) is 0 Å². The zero-order chi connectivity index (χ0) is 15.3. The normalized spacial score (nSPS) is 10.2. The van der Waals surface area contributed by atoms with Gasteiger partial charge in [0.2, 0.25) is 0 Å². The van der Waals surface area contributed by atoms with Gasteiger partial charge < -0.3 is 8.83 Å². The first-order valence-corrected chi connectivity index (χ1v) is 8.34. The Balaban J connectivity index is 0.000000211. The van der Waals surface area contributed by atoms with Crippen molar-refractivity contribution in [2.45, 2.75) is 72.1 Å². The first kappa shape index (κ1) is 17.6. The molecule has 118 valence electrons. The van der Waals surface area contributed by atoms with Crippen LogP contribution in [0.3, 0.4) is 0 Å². The van der Waals surface area contributed by atoms with Gasteiger partial charge in [-0.15, -0.1) is 0 Å². The molecule has 0 bridgehead atoms. The summed E-state index contributed by atoms with van der Waals surface area (Å²) < 4.78 is 10.6. The molecule has 0 aliphatic rings.